The van der Waals surface area contributed by atoms with Gasteiger partial charge in [0.2, 0.25) is 0 Å². The van der Waals surface area contributed by atoms with E-state index in [0.717, 1.165) is 0 Å². The number of carboxylic acid groups (broad SMARTS) is 16. The average molecular weight is 2660 g/mol. The second-order valence-corrected chi connectivity index (χ2v) is 26.2. The van der Waals surface area contributed by atoms with E-state index >= 15 is 0 Å². The van der Waals surface area contributed by atoms with Crippen LogP contribution in [0, 0.1) is 197 Å². The molecule has 0 saturated carbocycles. The Morgan fingerprint density at radius 2 is 0.221 bits per heavy atom. The van der Waals surface area contributed by atoms with E-state index in [2.05, 4.69) is 23.7 Å². The molecule has 0 unspecified atom stereocenters. The third kappa shape index (κ3) is 119. The van der Waals surface area contributed by atoms with Crippen molar-refractivity contribution in [3.05, 3.63) is 0 Å². The van der Waals surface area contributed by atoms with Crippen LogP contribution in [0.2, 0.25) is 0 Å². The summed E-state index contributed by atoms with van der Waals surface area (Å²) < 4.78 is 0. The smallest absolute Gasteiger partial charge is 0.652 e. The largest absolute Gasteiger partial charge is 3.00 e. The van der Waals surface area contributed by atoms with Crippen molar-refractivity contribution < 1.29 is 480 Å². The van der Waals surface area contributed by atoms with E-state index < -0.39 is 83.9 Å². The molecule has 0 aromatic rings. The van der Waals surface area contributed by atoms with Crippen molar-refractivity contribution in [3.8, 4) is 49.4 Å². The molecule has 0 aromatic heterocycles. The quantitative estimate of drug-likeness (QED) is 0.0399. The van der Waals surface area contributed by atoms with Crippen LogP contribution in [-0.2, 0) is 68.5 Å². The molecule has 26 N–H and O–H groups in total. The summed E-state index contributed by atoms with van der Waals surface area (Å²) in [7, 11) is 0. The van der Waals surface area contributed by atoms with Crippen LogP contribution in [0.15, 0.2) is 0 Å². The number of carboxylic acids is 12. The maximum Gasteiger partial charge on any atom is 3.00 e. The van der Waals surface area contributed by atoms with Crippen molar-refractivity contribution >= 4 is 83.9 Å². The van der Waals surface area contributed by atoms with E-state index in [9.17, 15) is 119 Å². The minimum absolute atomic E-state index is 0. The van der Waals surface area contributed by atoms with E-state index in [0.29, 0.717) is 236 Å². The standard InChI is InChI=1S/4C17H28N4O6.2CH2O3.4Lu.4Na.12H2O/c4*1-2-3-18-4-6-19(12-15(22)23)8-10-21(14-17(26)27)11-9-20(7-5-18)13-16(24)25;2*2-1(3)4;;;;;;;;;;;;;;;;;;;;/h4*1H,3-14H2,(H,22,23)(H,24,25)(H,26,27);2*(H2,2,3,4);;;;;;;;;12*1H2/q;;;;;;;;2*+3;4*+1;;;;;;;;;;;;/p-14. The van der Waals surface area contributed by atoms with Gasteiger partial charge in [0.15, 0.2) is 0 Å². The number of hydrogen-bond donors (Lipinski definition) is 0. The zero-order chi connectivity index (χ0) is 88.1. The van der Waals surface area contributed by atoms with Crippen LogP contribution in [0.3, 0.4) is 0 Å². The van der Waals surface area contributed by atoms with Crippen LogP contribution in [0.4, 0.5) is 9.59 Å². The predicted octanol–water partition coefficient (Wildman–Crippen LogP) is -50.6. The molecular formula is C70H126Lu4N16Na4O42-4. The fourth-order valence-corrected chi connectivity index (χ4v) is 11.6. The molecule has 136 heavy (non-hydrogen) atoms. The molecule has 2 radical (unpaired) electrons. The molecule has 4 heterocycles. The van der Waals surface area contributed by atoms with Crippen LogP contribution >= 0.6 is 0 Å². The van der Waals surface area contributed by atoms with E-state index in [1.54, 1.807) is 58.8 Å². The monoisotopic (exact) mass is 2650 g/mol. The van der Waals surface area contributed by atoms with Gasteiger partial charge in [-0.3, -0.25) is 78.4 Å². The maximum absolute atomic E-state index is 11.0. The molecule has 4 rings (SSSR count). The Hall–Kier alpha value is -1.76. The molecule has 0 aromatic carbocycles. The summed E-state index contributed by atoms with van der Waals surface area (Å²) in [4.78, 5) is 176. The summed E-state index contributed by atoms with van der Waals surface area (Å²) in [5.41, 5.74) is 0. The number of carbonyl (C=O) groups is 14. The summed E-state index contributed by atoms with van der Waals surface area (Å²) >= 11 is 0. The van der Waals surface area contributed by atoms with Crippen LogP contribution in [0.1, 0.15) is 0 Å². The number of aliphatic carboxylic acids is 12. The fraction of sp³-hybridized carbons (Fsp3) is 0.686. The number of rotatable bonds is 28. The van der Waals surface area contributed by atoms with Gasteiger partial charge in [-0.2, -0.15) is 0 Å². The molecule has 58 nitrogen and oxygen atoms in total. The van der Waals surface area contributed by atoms with Crippen molar-refractivity contribution in [2.45, 2.75) is 0 Å². The normalized spacial score (nSPS) is 15.9. The van der Waals surface area contributed by atoms with Gasteiger partial charge in [-0.05, 0) is 12.3 Å². The van der Waals surface area contributed by atoms with E-state index in [1.165, 1.54) is 0 Å². The molecule has 4 fully saturated rings. The summed E-state index contributed by atoms with van der Waals surface area (Å²) in [5.74, 6) is -4.52. The Labute approximate surface area is 993 Å². The Balaban J connectivity index is -0.0000000591. The molecule has 66 heteroatoms. The van der Waals surface area contributed by atoms with Crippen LogP contribution in [0.25, 0.3) is 0 Å². The third-order valence-electron chi connectivity index (χ3n) is 17.2. The Kier molecular flexibility index (Phi) is 165. The first-order chi connectivity index (χ1) is 54.6. The molecule has 806 valence electrons. The molecule has 0 spiro atoms. The second-order valence-electron chi connectivity index (χ2n) is 26.2. The van der Waals surface area contributed by atoms with Crippen molar-refractivity contribution in [2.75, 3.05) is 314 Å². The van der Waals surface area contributed by atoms with Crippen molar-refractivity contribution in [1.29, 1.82) is 0 Å². The number of carbonyl (C=O) groups excluding carboxylic acids is 14. The molecule has 4 aliphatic heterocycles. The van der Waals surface area contributed by atoms with E-state index in [-0.39, 0.29) is 410 Å². The van der Waals surface area contributed by atoms with Crippen molar-refractivity contribution in [1.82, 2.24) is 78.4 Å². The zero-order valence-electron chi connectivity index (χ0n) is 75.8. The van der Waals surface area contributed by atoms with Crippen LogP contribution in [-0.4, -0.2) is 531 Å². The number of terminal acetylenes is 4. The number of nitrogens with zero attached hydrogens (tertiary/aromatic N) is 16. The van der Waals surface area contributed by atoms with E-state index in [4.69, 9.17) is 55.7 Å². The molecular weight excluding hydrogens is 2530 g/mol. The molecule has 0 aliphatic carbocycles. The Bertz CT molecular complexity index is 2730. The molecule has 0 bridgehead atoms. The van der Waals surface area contributed by atoms with Gasteiger partial charge in [0.25, 0.3) is 0 Å². The molecule has 0 amide bonds. The Morgan fingerprint density at radius 1 is 0.169 bits per heavy atom. The SMILES string of the molecule is C#CCN1CCN(CC(=O)[O-])CCN(CC(=O)[O-])CCN(CC(=O)[O-])CC1.C#CCN1CCN(CC(=O)[O-])CCN(CC(=O)[O-])CCN(CC(=O)[O-])CC1.C#CCN1CCN(CC(=O)[O-])CCN(CC(=O)[O-])CCN(CC(=O)[O-])CC1.C#CCN1CCN(CC(=O)[O-])CCN(CC(=O)[O-])CCN(CC(=O)[O-])CC1.O.O.O.O.O.O.O.O.O.O.O=C([O-])[O-].O=C([O-])[O-].[Lu+3].[Lu+3].[Lu].[Lu].[Na+].[Na+].[Na+].[Na+].[OH3+].[OH3+]. The first kappa shape index (κ1) is 189. The van der Waals surface area contributed by atoms with Crippen molar-refractivity contribution in [2.24, 2.45) is 0 Å². The summed E-state index contributed by atoms with van der Waals surface area (Å²) in [6, 6.07) is 0. The minimum atomic E-state index is -2.33. The van der Waals surface area contributed by atoms with Gasteiger partial charge in [0, 0.05) is 362 Å². The minimum Gasteiger partial charge on any atom is -0.652 e. The Morgan fingerprint density at radius 3 is 0.265 bits per heavy atom. The van der Waals surface area contributed by atoms with Crippen LogP contribution < -0.4 is 200 Å². The van der Waals surface area contributed by atoms with Gasteiger partial charge in [-0.15, -0.1) is 25.7 Å². The molecule has 0 atom stereocenters. The van der Waals surface area contributed by atoms with Gasteiger partial charge in [-0.1, -0.05) is 23.7 Å². The van der Waals surface area contributed by atoms with Crippen molar-refractivity contribution in [3.63, 3.8) is 0 Å². The topological polar surface area (TPSA) is 1040 Å². The fourth-order valence-electron chi connectivity index (χ4n) is 11.6. The van der Waals surface area contributed by atoms with Gasteiger partial charge in [-0.25, -0.2) is 0 Å². The number of hydrogen-bond acceptors (Lipinski definition) is 46. The second kappa shape index (κ2) is 118. The first-order valence-electron chi connectivity index (χ1n) is 36.1. The van der Waals surface area contributed by atoms with Gasteiger partial charge < -0.3 is 215 Å². The van der Waals surface area contributed by atoms with Gasteiger partial charge in [0.05, 0.1) is 97.8 Å². The van der Waals surface area contributed by atoms with E-state index in [1.807, 2.05) is 19.6 Å². The van der Waals surface area contributed by atoms with Gasteiger partial charge >= 0.3 is 192 Å². The summed E-state index contributed by atoms with van der Waals surface area (Å²) in [6.45, 7) is 10.3. The summed E-state index contributed by atoms with van der Waals surface area (Å²) in [5, 5.41) is 165. The zero-order valence-corrected chi connectivity index (χ0v) is 90.5. The van der Waals surface area contributed by atoms with Gasteiger partial charge in [0.1, 0.15) is 0 Å². The maximum atomic E-state index is 11.0. The summed E-state index contributed by atoms with van der Waals surface area (Å²) in [6.07, 6.45) is 16.8. The predicted molar refractivity (Wildman–Crippen MR) is 415 cm³/mol. The molecule has 4 aliphatic rings. The average Bonchev–Trinajstić information content (AvgIpc) is 0.918. The molecule has 4 saturated heterocycles. The third-order valence-corrected chi connectivity index (χ3v) is 17.2. The van der Waals surface area contributed by atoms with Crippen LogP contribution in [0.5, 0.6) is 0 Å². The first-order valence-corrected chi connectivity index (χ1v) is 36.1.